The topological polar surface area (TPSA) is 83.4 Å². The molecule has 6 heteroatoms. The SMILES string of the molecule is COc1ccc(-c2noc(CC(CN)OC)n2)cc1C. The Labute approximate surface area is 117 Å². The molecule has 1 unspecified atom stereocenters. The summed E-state index contributed by atoms with van der Waals surface area (Å²) in [7, 11) is 3.26. The van der Waals surface area contributed by atoms with Gasteiger partial charge in [0.2, 0.25) is 11.7 Å². The van der Waals surface area contributed by atoms with Crippen LogP contribution in [0, 0.1) is 6.92 Å². The average Bonchev–Trinajstić information content (AvgIpc) is 2.93. The Morgan fingerprint density at radius 2 is 2.15 bits per heavy atom. The highest BCUT2D eigenvalue weighted by Gasteiger charge is 2.14. The van der Waals surface area contributed by atoms with Crippen LogP contribution in [0.2, 0.25) is 0 Å². The lowest BCUT2D eigenvalue weighted by atomic mass is 10.1. The molecule has 20 heavy (non-hydrogen) atoms. The van der Waals surface area contributed by atoms with Gasteiger partial charge in [-0.25, -0.2) is 0 Å². The summed E-state index contributed by atoms with van der Waals surface area (Å²) >= 11 is 0. The smallest absolute Gasteiger partial charge is 0.229 e. The van der Waals surface area contributed by atoms with E-state index >= 15 is 0 Å². The van der Waals surface area contributed by atoms with Crippen LogP contribution in [0.25, 0.3) is 11.4 Å². The zero-order chi connectivity index (χ0) is 14.5. The molecular formula is C14H19N3O3. The first-order valence-electron chi connectivity index (χ1n) is 6.38. The van der Waals surface area contributed by atoms with E-state index in [9.17, 15) is 0 Å². The van der Waals surface area contributed by atoms with Gasteiger partial charge in [0, 0.05) is 19.2 Å². The molecule has 1 atom stereocenters. The number of hydrogen-bond donors (Lipinski definition) is 1. The summed E-state index contributed by atoms with van der Waals surface area (Å²) in [6.07, 6.45) is 0.399. The molecule has 0 fully saturated rings. The summed E-state index contributed by atoms with van der Waals surface area (Å²) in [6, 6.07) is 5.75. The van der Waals surface area contributed by atoms with Crippen LogP contribution in [0.3, 0.4) is 0 Å². The minimum atomic E-state index is -0.110. The first-order valence-corrected chi connectivity index (χ1v) is 6.38. The molecular weight excluding hydrogens is 258 g/mol. The van der Waals surface area contributed by atoms with Crippen LogP contribution in [0.5, 0.6) is 5.75 Å². The van der Waals surface area contributed by atoms with Gasteiger partial charge in [0.05, 0.1) is 19.6 Å². The maximum atomic E-state index is 5.57. The number of aromatic nitrogens is 2. The third kappa shape index (κ3) is 3.15. The predicted molar refractivity (Wildman–Crippen MR) is 74.6 cm³/mol. The Morgan fingerprint density at radius 3 is 2.75 bits per heavy atom. The van der Waals surface area contributed by atoms with E-state index in [-0.39, 0.29) is 6.10 Å². The second-order valence-electron chi connectivity index (χ2n) is 4.49. The highest BCUT2D eigenvalue weighted by Crippen LogP contribution is 2.24. The van der Waals surface area contributed by atoms with Gasteiger partial charge >= 0.3 is 0 Å². The van der Waals surface area contributed by atoms with Crippen molar-refractivity contribution in [3.8, 4) is 17.1 Å². The van der Waals surface area contributed by atoms with Gasteiger partial charge in [0.15, 0.2) is 0 Å². The quantitative estimate of drug-likeness (QED) is 0.863. The molecule has 1 heterocycles. The minimum absolute atomic E-state index is 0.110. The second kappa shape index (κ2) is 6.49. The normalized spacial score (nSPS) is 12.4. The van der Waals surface area contributed by atoms with Crippen LogP contribution in [0.1, 0.15) is 11.5 Å². The number of benzene rings is 1. The predicted octanol–water partition coefficient (Wildman–Crippen LogP) is 1.57. The van der Waals surface area contributed by atoms with E-state index in [1.165, 1.54) is 0 Å². The minimum Gasteiger partial charge on any atom is -0.496 e. The molecule has 0 aliphatic carbocycles. The molecule has 2 aromatic rings. The van der Waals surface area contributed by atoms with Crippen LogP contribution >= 0.6 is 0 Å². The standard InChI is InChI=1S/C14H19N3O3/c1-9-6-10(4-5-12(9)19-3)14-16-13(20-17-14)7-11(8-15)18-2/h4-6,11H,7-8,15H2,1-3H3. The van der Waals surface area contributed by atoms with Crippen LogP contribution in [0.4, 0.5) is 0 Å². The first kappa shape index (κ1) is 14.5. The van der Waals surface area contributed by atoms with Gasteiger partial charge in [-0.3, -0.25) is 0 Å². The molecule has 0 saturated carbocycles. The number of ether oxygens (including phenoxy) is 2. The largest absolute Gasteiger partial charge is 0.496 e. The van der Waals surface area contributed by atoms with Crippen LogP contribution in [-0.4, -0.2) is 37.0 Å². The fraction of sp³-hybridized carbons (Fsp3) is 0.429. The van der Waals surface area contributed by atoms with Gasteiger partial charge in [-0.2, -0.15) is 4.98 Å². The van der Waals surface area contributed by atoms with Crippen molar-refractivity contribution in [1.29, 1.82) is 0 Å². The number of nitrogens with zero attached hydrogens (tertiary/aromatic N) is 2. The Kier molecular flexibility index (Phi) is 4.70. The van der Waals surface area contributed by atoms with Gasteiger partial charge in [-0.1, -0.05) is 5.16 Å². The Balaban J connectivity index is 2.18. The zero-order valence-electron chi connectivity index (χ0n) is 11.9. The Morgan fingerprint density at radius 1 is 1.35 bits per heavy atom. The number of nitrogens with two attached hydrogens (primary N) is 1. The number of methoxy groups -OCH3 is 2. The van der Waals surface area contributed by atoms with Crippen molar-refractivity contribution in [2.45, 2.75) is 19.4 Å². The average molecular weight is 277 g/mol. The van der Waals surface area contributed by atoms with Crippen molar-refractivity contribution < 1.29 is 14.0 Å². The van der Waals surface area contributed by atoms with Gasteiger partial charge in [0.1, 0.15) is 5.75 Å². The van der Waals surface area contributed by atoms with Gasteiger partial charge in [-0.05, 0) is 30.7 Å². The lowest BCUT2D eigenvalue weighted by Crippen LogP contribution is -2.24. The molecule has 0 bridgehead atoms. The lowest BCUT2D eigenvalue weighted by Gasteiger charge is -2.08. The van der Waals surface area contributed by atoms with E-state index in [4.69, 9.17) is 19.7 Å². The van der Waals surface area contributed by atoms with E-state index in [2.05, 4.69) is 10.1 Å². The summed E-state index contributed by atoms with van der Waals surface area (Å²) in [4.78, 5) is 4.36. The number of aryl methyl sites for hydroxylation is 1. The summed E-state index contributed by atoms with van der Waals surface area (Å²) in [6.45, 7) is 2.38. The van der Waals surface area contributed by atoms with Crippen molar-refractivity contribution >= 4 is 0 Å². The molecule has 108 valence electrons. The highest BCUT2D eigenvalue weighted by atomic mass is 16.5. The molecule has 1 aromatic carbocycles. The number of rotatable bonds is 6. The fourth-order valence-corrected chi connectivity index (χ4v) is 1.93. The molecule has 6 nitrogen and oxygen atoms in total. The van der Waals surface area contributed by atoms with Crippen molar-refractivity contribution in [1.82, 2.24) is 10.1 Å². The van der Waals surface area contributed by atoms with Gasteiger partial charge in [-0.15, -0.1) is 0 Å². The second-order valence-corrected chi connectivity index (χ2v) is 4.49. The first-order chi connectivity index (χ1) is 9.67. The van der Waals surface area contributed by atoms with Crippen LogP contribution < -0.4 is 10.5 Å². The zero-order valence-corrected chi connectivity index (χ0v) is 11.9. The van der Waals surface area contributed by atoms with Gasteiger partial charge in [0.25, 0.3) is 0 Å². The van der Waals surface area contributed by atoms with Crippen molar-refractivity contribution in [3.63, 3.8) is 0 Å². The van der Waals surface area contributed by atoms with Crippen LogP contribution in [0.15, 0.2) is 22.7 Å². The van der Waals surface area contributed by atoms with E-state index in [1.54, 1.807) is 14.2 Å². The van der Waals surface area contributed by atoms with E-state index in [1.807, 2.05) is 25.1 Å². The highest BCUT2D eigenvalue weighted by molar-refractivity contribution is 5.58. The Hall–Kier alpha value is -1.92. The monoisotopic (exact) mass is 277 g/mol. The molecule has 1 aromatic heterocycles. The third-order valence-corrected chi connectivity index (χ3v) is 3.12. The lowest BCUT2D eigenvalue weighted by molar-refractivity contribution is 0.102. The Bertz CT molecular complexity index is 565. The molecule has 0 saturated heterocycles. The van der Waals surface area contributed by atoms with E-state index in [0.29, 0.717) is 24.7 Å². The summed E-state index contributed by atoms with van der Waals surface area (Å²) in [5, 5.41) is 3.98. The molecule has 0 amide bonds. The third-order valence-electron chi connectivity index (χ3n) is 3.12. The molecule has 0 aliphatic rings. The molecule has 2 rings (SSSR count). The molecule has 0 radical (unpaired) electrons. The number of hydrogen-bond acceptors (Lipinski definition) is 6. The molecule has 0 aliphatic heterocycles. The van der Waals surface area contributed by atoms with Crippen molar-refractivity contribution in [2.24, 2.45) is 5.73 Å². The van der Waals surface area contributed by atoms with E-state index in [0.717, 1.165) is 16.9 Å². The van der Waals surface area contributed by atoms with Crippen molar-refractivity contribution in [2.75, 3.05) is 20.8 Å². The van der Waals surface area contributed by atoms with Gasteiger partial charge < -0.3 is 19.7 Å². The summed E-state index contributed by atoms with van der Waals surface area (Å²) < 4.78 is 15.6. The van der Waals surface area contributed by atoms with E-state index < -0.39 is 0 Å². The fourth-order valence-electron chi connectivity index (χ4n) is 1.93. The maximum absolute atomic E-state index is 5.57. The maximum Gasteiger partial charge on any atom is 0.229 e. The molecule has 0 spiro atoms. The summed E-state index contributed by atoms with van der Waals surface area (Å²) in [5.74, 6) is 1.91. The van der Waals surface area contributed by atoms with Crippen LogP contribution in [-0.2, 0) is 11.2 Å². The summed E-state index contributed by atoms with van der Waals surface area (Å²) in [5.41, 5.74) is 7.48. The van der Waals surface area contributed by atoms with Crippen molar-refractivity contribution in [3.05, 3.63) is 29.7 Å². The molecule has 2 N–H and O–H groups in total.